The number of carbonyl (C=O) groups is 2. The minimum absolute atomic E-state index is 0.0863. The molecule has 3 aliphatic heterocycles. The van der Waals surface area contributed by atoms with Crippen LogP contribution in [0, 0.1) is 13.8 Å². The summed E-state index contributed by atoms with van der Waals surface area (Å²) in [6.45, 7) is 14.1. The second-order valence-corrected chi connectivity index (χ2v) is 12.0. The number of nitrogens with zero attached hydrogens (tertiary/aromatic N) is 4. The molecule has 41 heavy (non-hydrogen) atoms. The lowest BCUT2D eigenvalue weighted by molar-refractivity contribution is -0.133. The van der Waals surface area contributed by atoms with Crippen molar-refractivity contribution in [1.82, 2.24) is 20.1 Å². The minimum atomic E-state index is -0.436. The van der Waals surface area contributed by atoms with Crippen LogP contribution >= 0.6 is 0 Å². The van der Waals surface area contributed by atoms with E-state index in [9.17, 15) is 9.59 Å². The topological polar surface area (TPSA) is 95.9 Å². The number of nitrogens with one attached hydrogen (secondary N) is 1. The van der Waals surface area contributed by atoms with E-state index in [1.165, 1.54) is 11.1 Å². The Balaban J connectivity index is 1.41. The summed E-state index contributed by atoms with van der Waals surface area (Å²) in [6, 6.07) is 11.4. The zero-order valence-electron chi connectivity index (χ0n) is 24.7. The van der Waals surface area contributed by atoms with Crippen LogP contribution in [0.4, 0.5) is 4.79 Å². The fourth-order valence-electron chi connectivity index (χ4n) is 5.19. The second kappa shape index (κ2) is 12.1. The van der Waals surface area contributed by atoms with Gasteiger partial charge in [-0.3, -0.25) is 9.69 Å². The van der Waals surface area contributed by atoms with Crippen molar-refractivity contribution >= 4 is 17.6 Å². The molecule has 0 spiro atoms. The molecule has 1 atom stereocenters. The molecule has 1 unspecified atom stereocenters. The summed E-state index contributed by atoms with van der Waals surface area (Å²) in [5, 5.41) is 9.44. The van der Waals surface area contributed by atoms with Crippen LogP contribution in [0.5, 0.6) is 11.5 Å². The zero-order chi connectivity index (χ0) is 29.1. The summed E-state index contributed by atoms with van der Waals surface area (Å²) in [5.41, 5.74) is 4.67. The van der Waals surface area contributed by atoms with Gasteiger partial charge in [0.05, 0.1) is 25.0 Å². The van der Waals surface area contributed by atoms with Crippen molar-refractivity contribution < 1.29 is 23.8 Å². The van der Waals surface area contributed by atoms with Gasteiger partial charge in [-0.15, -0.1) is 0 Å². The third-order valence-corrected chi connectivity index (χ3v) is 7.67. The van der Waals surface area contributed by atoms with E-state index in [-0.39, 0.29) is 31.3 Å². The number of amides is 3. The Labute approximate surface area is 242 Å². The summed E-state index contributed by atoms with van der Waals surface area (Å²) < 4.78 is 16.6. The lowest BCUT2D eigenvalue weighted by Gasteiger charge is -2.32. The van der Waals surface area contributed by atoms with Crippen LogP contribution in [-0.2, 0) is 9.53 Å². The number of urea groups is 1. The first-order chi connectivity index (χ1) is 19.6. The fourth-order valence-corrected chi connectivity index (χ4v) is 5.19. The molecule has 0 saturated carbocycles. The molecule has 220 valence electrons. The van der Waals surface area contributed by atoms with Crippen LogP contribution in [0.15, 0.2) is 41.5 Å². The Morgan fingerprint density at radius 2 is 1.78 bits per heavy atom. The summed E-state index contributed by atoms with van der Waals surface area (Å²) >= 11 is 0. The first kappa shape index (κ1) is 28.9. The normalized spacial score (nSPS) is 18.8. The van der Waals surface area contributed by atoms with Crippen molar-refractivity contribution in [3.63, 3.8) is 0 Å². The molecule has 1 fully saturated rings. The van der Waals surface area contributed by atoms with Crippen LogP contribution in [0.25, 0.3) is 0 Å². The molecular weight excluding hydrogens is 522 g/mol. The fraction of sp³-hybridized carbons (Fsp3) is 0.516. The van der Waals surface area contributed by atoms with Crippen LogP contribution < -0.4 is 14.8 Å². The molecule has 3 heterocycles. The molecule has 5 rings (SSSR count). The quantitative estimate of drug-likeness (QED) is 0.550. The number of ether oxygens (including phenoxy) is 3. The number of rotatable bonds is 7. The predicted molar refractivity (Wildman–Crippen MR) is 156 cm³/mol. The monoisotopic (exact) mass is 563 g/mol. The number of aryl methyl sites for hydroxylation is 2. The molecule has 0 radical (unpaired) electrons. The van der Waals surface area contributed by atoms with Crippen molar-refractivity contribution in [1.29, 1.82) is 0 Å². The SMILES string of the molecule is Cc1ccc(C2=NN(C(=O)CN(CCN3CCOCC3)C(=O)NC(C)(C)C)C(c3ccc4c(c3)OCO4)C2)cc1C. The van der Waals surface area contributed by atoms with Crippen molar-refractivity contribution in [2.24, 2.45) is 5.10 Å². The van der Waals surface area contributed by atoms with Crippen LogP contribution in [-0.4, -0.2) is 90.7 Å². The van der Waals surface area contributed by atoms with Crippen LogP contribution in [0.3, 0.4) is 0 Å². The van der Waals surface area contributed by atoms with E-state index in [0.717, 1.165) is 29.9 Å². The van der Waals surface area contributed by atoms with Crippen LogP contribution in [0.2, 0.25) is 0 Å². The Hall–Kier alpha value is -3.63. The molecule has 0 bridgehead atoms. The third-order valence-electron chi connectivity index (χ3n) is 7.67. The van der Waals surface area contributed by atoms with Gasteiger partial charge in [-0.25, -0.2) is 9.80 Å². The number of morpholine rings is 1. The first-order valence-corrected chi connectivity index (χ1v) is 14.3. The molecule has 3 aliphatic rings. The highest BCUT2D eigenvalue weighted by Gasteiger charge is 2.36. The maximum Gasteiger partial charge on any atom is 0.318 e. The highest BCUT2D eigenvalue weighted by Crippen LogP contribution is 2.39. The average Bonchev–Trinajstić information content (AvgIpc) is 3.59. The van der Waals surface area contributed by atoms with E-state index in [4.69, 9.17) is 19.3 Å². The molecule has 2 aromatic carbocycles. The summed E-state index contributed by atoms with van der Waals surface area (Å²) in [5.74, 6) is 1.11. The minimum Gasteiger partial charge on any atom is -0.454 e. The van der Waals surface area contributed by atoms with Gasteiger partial charge >= 0.3 is 6.03 Å². The number of fused-ring (bicyclic) bond motifs is 1. The lowest BCUT2D eigenvalue weighted by Crippen LogP contribution is -2.53. The van der Waals surface area contributed by atoms with E-state index < -0.39 is 5.54 Å². The lowest BCUT2D eigenvalue weighted by atomic mass is 9.96. The molecule has 0 aliphatic carbocycles. The maximum absolute atomic E-state index is 14.0. The second-order valence-electron chi connectivity index (χ2n) is 12.0. The molecule has 1 N–H and O–H groups in total. The van der Waals surface area contributed by atoms with E-state index >= 15 is 0 Å². The molecule has 1 saturated heterocycles. The molecular formula is C31H41N5O5. The van der Waals surface area contributed by atoms with E-state index in [1.54, 1.807) is 9.91 Å². The smallest absolute Gasteiger partial charge is 0.318 e. The van der Waals surface area contributed by atoms with Crippen molar-refractivity contribution in [3.05, 3.63) is 58.7 Å². The standard InChI is InChI=1S/C31H41N5O5/c1-21-6-7-23(16-22(21)2)25-18-26(24-8-9-27-28(17-24)41-20-40-27)36(33-25)29(37)19-35(30(38)32-31(3,4)5)11-10-34-12-14-39-15-13-34/h6-9,16-17,26H,10-15,18-20H2,1-5H3,(H,32,38). The van der Waals surface area contributed by atoms with Gasteiger partial charge in [-0.1, -0.05) is 18.2 Å². The number of hydrazone groups is 1. The molecule has 10 heteroatoms. The van der Waals surface area contributed by atoms with Gasteiger partial charge < -0.3 is 24.4 Å². The van der Waals surface area contributed by atoms with E-state index in [1.807, 2.05) is 39.0 Å². The third kappa shape index (κ3) is 7.00. The van der Waals surface area contributed by atoms with Gasteiger partial charge in [0.15, 0.2) is 11.5 Å². The van der Waals surface area contributed by atoms with Gasteiger partial charge in [0.1, 0.15) is 6.54 Å². The molecule has 10 nitrogen and oxygen atoms in total. The highest BCUT2D eigenvalue weighted by atomic mass is 16.7. The Morgan fingerprint density at radius 1 is 1.02 bits per heavy atom. The number of benzene rings is 2. The van der Waals surface area contributed by atoms with E-state index in [0.29, 0.717) is 44.2 Å². The van der Waals surface area contributed by atoms with Gasteiger partial charge in [-0.2, -0.15) is 5.10 Å². The van der Waals surface area contributed by atoms with Crippen molar-refractivity contribution in [2.45, 2.75) is 52.6 Å². The number of carbonyl (C=O) groups excluding carboxylic acids is 2. The van der Waals surface area contributed by atoms with Gasteiger partial charge in [0.2, 0.25) is 6.79 Å². The van der Waals surface area contributed by atoms with Gasteiger partial charge in [0, 0.05) is 38.1 Å². The maximum atomic E-state index is 14.0. The summed E-state index contributed by atoms with van der Waals surface area (Å²) in [6.07, 6.45) is 0.551. The van der Waals surface area contributed by atoms with Crippen LogP contribution in [0.1, 0.15) is 55.5 Å². The molecule has 3 amide bonds. The van der Waals surface area contributed by atoms with Gasteiger partial charge in [-0.05, 0) is 75.1 Å². The molecule has 2 aromatic rings. The zero-order valence-corrected chi connectivity index (χ0v) is 24.7. The summed E-state index contributed by atoms with van der Waals surface area (Å²) in [4.78, 5) is 31.2. The van der Waals surface area contributed by atoms with Gasteiger partial charge in [0.25, 0.3) is 5.91 Å². The number of hydrogen-bond donors (Lipinski definition) is 1. The van der Waals surface area contributed by atoms with Crippen molar-refractivity contribution in [3.8, 4) is 11.5 Å². The molecule has 0 aromatic heterocycles. The Bertz CT molecular complexity index is 1310. The highest BCUT2D eigenvalue weighted by molar-refractivity contribution is 6.03. The first-order valence-electron chi connectivity index (χ1n) is 14.3. The average molecular weight is 564 g/mol. The largest absolute Gasteiger partial charge is 0.454 e. The summed E-state index contributed by atoms with van der Waals surface area (Å²) in [7, 11) is 0. The number of hydrogen-bond acceptors (Lipinski definition) is 7. The Kier molecular flexibility index (Phi) is 8.51. The Morgan fingerprint density at radius 3 is 2.51 bits per heavy atom. The van der Waals surface area contributed by atoms with Crippen molar-refractivity contribution in [2.75, 3.05) is 52.7 Å². The van der Waals surface area contributed by atoms with E-state index in [2.05, 4.69) is 42.3 Å². The predicted octanol–water partition coefficient (Wildman–Crippen LogP) is 3.85.